The molecular weight excluding hydrogens is 330 g/mol. The Morgan fingerprint density at radius 2 is 1.85 bits per heavy atom. The van der Waals surface area contributed by atoms with Crippen molar-refractivity contribution in [1.82, 2.24) is 10.4 Å². The number of piperazine rings is 1. The Labute approximate surface area is 154 Å². The number of carbonyl (C=O) groups excluding carboxylic acids is 1. The second-order valence-electron chi connectivity index (χ2n) is 6.52. The fourth-order valence-corrected chi connectivity index (χ4v) is 2.87. The highest BCUT2D eigenvalue weighted by molar-refractivity contribution is 5.94. The van der Waals surface area contributed by atoms with Crippen molar-refractivity contribution in [3.63, 3.8) is 0 Å². The van der Waals surface area contributed by atoms with Crippen LogP contribution < -0.4 is 19.8 Å². The third-order valence-electron chi connectivity index (χ3n) is 4.54. The van der Waals surface area contributed by atoms with E-state index in [1.54, 1.807) is 25.3 Å². The topological polar surface area (TPSA) is 55.2 Å². The summed E-state index contributed by atoms with van der Waals surface area (Å²) in [7, 11) is 3.74. The number of carbonyl (C=O) groups is 1. The Bertz CT molecular complexity index is 728. The summed E-state index contributed by atoms with van der Waals surface area (Å²) in [4.78, 5) is 14.0. The van der Waals surface area contributed by atoms with Gasteiger partial charge < -0.3 is 14.4 Å². The second-order valence-corrected chi connectivity index (χ2v) is 6.52. The van der Waals surface area contributed by atoms with Gasteiger partial charge in [-0.15, -0.1) is 0 Å². The molecule has 1 saturated heterocycles. The molecule has 0 unspecified atom stereocenters. The van der Waals surface area contributed by atoms with Gasteiger partial charge in [-0.3, -0.25) is 10.2 Å². The minimum Gasteiger partial charge on any atom is -0.493 e. The molecule has 1 heterocycles. The molecule has 0 atom stereocenters. The average molecular weight is 356 g/mol. The van der Waals surface area contributed by atoms with Crippen LogP contribution in [0.3, 0.4) is 0 Å². The van der Waals surface area contributed by atoms with Crippen molar-refractivity contribution < 1.29 is 19.2 Å². The number of methoxy groups -OCH3 is 1. The molecule has 0 radical (unpaired) electrons. The zero-order valence-electron chi connectivity index (χ0n) is 15.3. The van der Waals surface area contributed by atoms with Gasteiger partial charge in [0.15, 0.2) is 11.5 Å². The van der Waals surface area contributed by atoms with Gasteiger partial charge in [-0.1, -0.05) is 30.3 Å². The van der Waals surface area contributed by atoms with Crippen LogP contribution in [0, 0.1) is 0 Å². The number of quaternary nitrogens is 1. The van der Waals surface area contributed by atoms with Crippen LogP contribution in [0.15, 0.2) is 48.5 Å². The molecule has 26 heavy (non-hydrogen) atoms. The van der Waals surface area contributed by atoms with E-state index in [2.05, 4.69) is 12.5 Å². The maximum absolute atomic E-state index is 12.5. The first-order valence-corrected chi connectivity index (χ1v) is 8.87. The third kappa shape index (κ3) is 4.74. The lowest BCUT2D eigenvalue weighted by atomic mass is 10.2. The summed E-state index contributed by atoms with van der Waals surface area (Å²) in [5.74, 6) is 1.05. The Morgan fingerprint density at radius 3 is 2.54 bits per heavy atom. The Hall–Kier alpha value is -2.57. The van der Waals surface area contributed by atoms with Gasteiger partial charge in [-0.25, -0.2) is 5.01 Å². The average Bonchev–Trinajstić information content (AvgIpc) is 2.68. The minimum atomic E-state index is -0.127. The van der Waals surface area contributed by atoms with E-state index in [9.17, 15) is 4.79 Å². The molecular formula is C20H26N3O3+. The fraction of sp³-hybridized carbons (Fsp3) is 0.350. The van der Waals surface area contributed by atoms with Crippen molar-refractivity contribution in [3.05, 3.63) is 59.7 Å². The van der Waals surface area contributed by atoms with E-state index in [1.807, 2.05) is 35.3 Å². The zero-order chi connectivity index (χ0) is 18.4. The van der Waals surface area contributed by atoms with E-state index in [-0.39, 0.29) is 5.91 Å². The molecule has 2 N–H and O–H groups in total. The standard InChI is InChI=1S/C20H25N3O3/c1-22-10-12-23(13-11-22)21-20(24)17-8-9-18(19(14-17)25-2)26-15-16-6-4-3-5-7-16/h3-9,14H,10-13,15H2,1-2H3,(H,21,24)/p+1. The summed E-state index contributed by atoms with van der Waals surface area (Å²) in [6.45, 7) is 4.21. The predicted octanol–water partition coefficient (Wildman–Crippen LogP) is 0.749. The number of benzene rings is 2. The Kier molecular flexibility index (Phi) is 6.09. The van der Waals surface area contributed by atoms with Crippen molar-refractivity contribution in [2.75, 3.05) is 40.3 Å². The lowest BCUT2D eigenvalue weighted by Crippen LogP contribution is -3.12. The molecule has 0 saturated carbocycles. The number of nitrogens with zero attached hydrogens (tertiary/aromatic N) is 1. The van der Waals surface area contributed by atoms with Gasteiger partial charge in [0.2, 0.25) is 0 Å². The number of hydrazine groups is 1. The van der Waals surface area contributed by atoms with Crippen molar-refractivity contribution >= 4 is 5.91 Å². The van der Waals surface area contributed by atoms with Gasteiger partial charge in [-0.05, 0) is 23.8 Å². The van der Waals surface area contributed by atoms with E-state index < -0.39 is 0 Å². The maximum atomic E-state index is 12.5. The molecule has 6 nitrogen and oxygen atoms in total. The van der Waals surface area contributed by atoms with Gasteiger partial charge in [0, 0.05) is 5.56 Å². The van der Waals surface area contributed by atoms with E-state index in [0.29, 0.717) is 23.7 Å². The van der Waals surface area contributed by atoms with Crippen LogP contribution >= 0.6 is 0 Å². The van der Waals surface area contributed by atoms with Crippen molar-refractivity contribution in [2.45, 2.75) is 6.61 Å². The quantitative estimate of drug-likeness (QED) is 0.802. The first-order chi connectivity index (χ1) is 12.7. The molecule has 1 aliphatic rings. The number of likely N-dealkylation sites (N-methyl/N-ethyl adjacent to an activating group) is 1. The summed E-state index contributed by atoms with van der Waals surface area (Å²) >= 11 is 0. The summed E-state index contributed by atoms with van der Waals surface area (Å²) in [6.07, 6.45) is 0. The van der Waals surface area contributed by atoms with Crippen molar-refractivity contribution in [1.29, 1.82) is 0 Å². The van der Waals surface area contributed by atoms with Crippen LogP contribution in [0.4, 0.5) is 0 Å². The van der Waals surface area contributed by atoms with Crippen LogP contribution in [0.25, 0.3) is 0 Å². The molecule has 138 valence electrons. The maximum Gasteiger partial charge on any atom is 0.265 e. The van der Waals surface area contributed by atoms with E-state index in [4.69, 9.17) is 9.47 Å². The number of amides is 1. The smallest absolute Gasteiger partial charge is 0.265 e. The highest BCUT2D eigenvalue weighted by atomic mass is 16.5. The summed E-state index contributed by atoms with van der Waals surface area (Å²) in [6, 6.07) is 15.2. The zero-order valence-corrected chi connectivity index (χ0v) is 15.3. The number of hydrogen-bond acceptors (Lipinski definition) is 4. The van der Waals surface area contributed by atoms with Crippen molar-refractivity contribution in [2.24, 2.45) is 0 Å². The highest BCUT2D eigenvalue weighted by Gasteiger charge is 2.19. The Morgan fingerprint density at radius 1 is 1.12 bits per heavy atom. The third-order valence-corrected chi connectivity index (χ3v) is 4.54. The minimum absolute atomic E-state index is 0.127. The van der Waals surface area contributed by atoms with E-state index in [0.717, 1.165) is 31.7 Å². The van der Waals surface area contributed by atoms with Gasteiger partial charge >= 0.3 is 0 Å². The number of ether oxygens (including phenoxy) is 2. The molecule has 0 aromatic heterocycles. The number of nitrogens with one attached hydrogen (secondary N) is 2. The molecule has 1 aliphatic heterocycles. The fourth-order valence-electron chi connectivity index (χ4n) is 2.87. The first kappa shape index (κ1) is 18.2. The van der Waals surface area contributed by atoms with Crippen LogP contribution in [0.1, 0.15) is 15.9 Å². The summed E-state index contributed by atoms with van der Waals surface area (Å²) in [5.41, 5.74) is 4.60. The summed E-state index contributed by atoms with van der Waals surface area (Å²) in [5, 5.41) is 1.97. The van der Waals surface area contributed by atoms with Crippen LogP contribution in [-0.4, -0.2) is 51.3 Å². The molecule has 3 rings (SSSR count). The predicted molar refractivity (Wildman–Crippen MR) is 99.4 cm³/mol. The SMILES string of the molecule is COc1cc(C(=O)NN2CC[NH+](C)CC2)ccc1OCc1ccccc1. The van der Waals surface area contributed by atoms with Gasteiger partial charge in [0.25, 0.3) is 5.91 Å². The molecule has 2 aromatic rings. The molecule has 0 bridgehead atoms. The van der Waals surface area contributed by atoms with Crippen LogP contribution in [0.2, 0.25) is 0 Å². The monoisotopic (exact) mass is 356 g/mol. The normalized spacial score (nSPS) is 15.5. The van der Waals surface area contributed by atoms with Gasteiger partial charge in [-0.2, -0.15) is 0 Å². The Balaban J connectivity index is 1.63. The van der Waals surface area contributed by atoms with E-state index >= 15 is 0 Å². The number of hydrogen-bond donors (Lipinski definition) is 2. The van der Waals surface area contributed by atoms with Crippen LogP contribution in [-0.2, 0) is 6.61 Å². The lowest BCUT2D eigenvalue weighted by Gasteiger charge is -2.30. The molecule has 0 aliphatic carbocycles. The summed E-state index contributed by atoms with van der Waals surface area (Å²) < 4.78 is 11.2. The van der Waals surface area contributed by atoms with Crippen LogP contribution in [0.5, 0.6) is 11.5 Å². The molecule has 1 fully saturated rings. The molecule has 0 spiro atoms. The largest absolute Gasteiger partial charge is 0.493 e. The second kappa shape index (κ2) is 8.69. The molecule has 2 aromatic carbocycles. The van der Waals surface area contributed by atoms with E-state index in [1.165, 1.54) is 4.90 Å². The highest BCUT2D eigenvalue weighted by Crippen LogP contribution is 2.28. The molecule has 1 amide bonds. The lowest BCUT2D eigenvalue weighted by molar-refractivity contribution is -0.884. The molecule has 6 heteroatoms. The van der Waals surface area contributed by atoms with Crippen molar-refractivity contribution in [3.8, 4) is 11.5 Å². The first-order valence-electron chi connectivity index (χ1n) is 8.87. The number of rotatable bonds is 6. The van der Waals surface area contributed by atoms with Gasteiger partial charge in [0.1, 0.15) is 6.61 Å². The van der Waals surface area contributed by atoms with Gasteiger partial charge in [0.05, 0.1) is 40.3 Å².